The molecule has 30 nitrogen and oxygen atoms in total. The van der Waals surface area contributed by atoms with Gasteiger partial charge in [0.05, 0.1) is 43.6 Å². The summed E-state index contributed by atoms with van der Waals surface area (Å²) in [5, 5.41) is 88.0. The normalized spacial score (nSPS) is 26.6. The number of nitrogens with one attached hydrogen (secondary N) is 9. The van der Waals surface area contributed by atoms with Gasteiger partial charge in [-0.25, -0.2) is 0 Å². The Balaban J connectivity index is 1.55. The zero-order chi connectivity index (χ0) is 68.6. The van der Waals surface area contributed by atoms with Gasteiger partial charge >= 0.3 is 0 Å². The second-order valence-corrected chi connectivity index (χ2v) is 23.8. The zero-order valence-corrected chi connectivity index (χ0v) is 52.9. The van der Waals surface area contributed by atoms with E-state index in [1.165, 1.54) is 19.9 Å². The fourth-order valence-corrected chi connectivity index (χ4v) is 11.1. The molecule has 0 aliphatic carbocycles. The van der Waals surface area contributed by atoms with Crippen molar-refractivity contribution in [1.29, 1.82) is 0 Å². The number of nitrogens with two attached hydrogens (primary N) is 1. The molecule has 510 valence electrons. The van der Waals surface area contributed by atoms with Crippen LogP contribution in [-0.4, -0.2) is 216 Å². The molecule has 3 heterocycles. The lowest BCUT2D eigenvalue weighted by atomic mass is 9.94. The van der Waals surface area contributed by atoms with E-state index in [-0.39, 0.29) is 64.0 Å². The Bertz CT molecular complexity index is 3020. The van der Waals surface area contributed by atoms with E-state index >= 15 is 0 Å². The molecular formula is C63H90N12O18. The molecule has 3 aliphatic heterocycles. The Hall–Kier alpha value is -8.68. The van der Waals surface area contributed by atoms with Crippen LogP contribution in [0.25, 0.3) is 0 Å². The number of fused-ring (bicyclic) bond motifs is 2. The predicted molar refractivity (Wildman–Crippen MR) is 333 cm³/mol. The summed E-state index contributed by atoms with van der Waals surface area (Å²) in [5.41, 5.74) is 5.73. The molecule has 93 heavy (non-hydrogen) atoms. The van der Waals surface area contributed by atoms with Crippen molar-refractivity contribution in [2.24, 2.45) is 11.7 Å². The lowest BCUT2D eigenvalue weighted by molar-refractivity contribution is -0.143. The van der Waals surface area contributed by atoms with Gasteiger partial charge in [0.15, 0.2) is 6.10 Å². The lowest BCUT2D eigenvalue weighted by Crippen LogP contribution is -2.61. The molecule has 30 heteroatoms. The molecule has 2 aromatic rings. The van der Waals surface area contributed by atoms with E-state index in [0.29, 0.717) is 12.0 Å². The first-order valence-corrected chi connectivity index (χ1v) is 31.2. The first kappa shape index (κ1) is 75.0. The van der Waals surface area contributed by atoms with Crippen LogP contribution >= 0.6 is 0 Å². The Morgan fingerprint density at radius 1 is 0.602 bits per heavy atom. The summed E-state index contributed by atoms with van der Waals surface area (Å²) in [7, 11) is 0. The molecule has 5 rings (SSSR count). The molecule has 12 amide bonds. The van der Waals surface area contributed by atoms with Gasteiger partial charge in [0, 0.05) is 32.4 Å². The van der Waals surface area contributed by atoms with Crippen molar-refractivity contribution in [3.63, 3.8) is 0 Å². The fraction of sp³-hybridized carbons (Fsp3) is 0.556. The monoisotopic (exact) mass is 1300 g/mol. The van der Waals surface area contributed by atoms with Gasteiger partial charge in [-0.2, -0.15) is 0 Å². The molecule has 2 aromatic carbocycles. The Morgan fingerprint density at radius 2 is 1.13 bits per heavy atom. The van der Waals surface area contributed by atoms with Gasteiger partial charge in [-0.05, 0) is 95.6 Å². The molecular weight excluding hydrogens is 1210 g/mol. The maximum atomic E-state index is 14.9. The summed E-state index contributed by atoms with van der Waals surface area (Å²) in [6.45, 7) is 5.50. The largest absolute Gasteiger partial charge is 0.394 e. The van der Waals surface area contributed by atoms with Crippen LogP contribution in [0.1, 0.15) is 110 Å². The molecule has 0 saturated carbocycles. The minimum atomic E-state index is -2.35. The topological polar surface area (TPSA) is 467 Å². The molecule has 0 bridgehead atoms. The van der Waals surface area contributed by atoms with Crippen LogP contribution in [0.4, 0.5) is 0 Å². The van der Waals surface area contributed by atoms with Gasteiger partial charge in [0.25, 0.3) is 17.7 Å². The third-order valence-electron chi connectivity index (χ3n) is 16.1. The standard InChI is InChI=1S/C63H90N12O18/c1-6-39-55(85)72-45(33-76)58(88)67-40(7-2)56(86)73-52(35(5)77)61(91)69-42(23-22-36-16-10-8-11-17-36)63(93)75-27-15-21-47(75)60(90)70-43(30-38(78)31-49(80)48(79)28-34(3)4)53(83)62(92)68-41(24-25-50(64)81)54(84)65-32-51(82)74-26-14-20-46(74)59(89)71-44(57(87)66-39)29-37-18-12-9-13-19-37/h6-13,16-19,34-35,38,41-49,52-53,76-80,83H,14-15,20-33H2,1-5H3,(H2,64,81)(H,65,84)(H,66,87)(H,67,88)(H,68,92)(H,69,91)(H,70,90)(H,71,89)(H,72,85)(H,73,86)/b39-6+,40-7+/t35-,38?,41-,42-,43-,44+,45+,46+,47+,48?,49?,52+,53?/m1/s1. The number of aryl methyl sites for hydroxylation is 1. The van der Waals surface area contributed by atoms with Crippen molar-refractivity contribution in [3.05, 3.63) is 95.3 Å². The maximum absolute atomic E-state index is 14.9. The predicted octanol–water partition coefficient (Wildman–Crippen LogP) is -4.17. The molecule has 0 spiro atoms. The van der Waals surface area contributed by atoms with Gasteiger partial charge in [0.1, 0.15) is 53.7 Å². The van der Waals surface area contributed by atoms with E-state index in [9.17, 15) is 88.2 Å². The van der Waals surface area contributed by atoms with Crippen molar-refractivity contribution in [3.8, 4) is 0 Å². The molecule has 3 fully saturated rings. The van der Waals surface area contributed by atoms with Crippen molar-refractivity contribution < 1.29 is 88.2 Å². The fourth-order valence-electron chi connectivity index (χ4n) is 11.1. The van der Waals surface area contributed by atoms with Crippen molar-refractivity contribution >= 4 is 70.9 Å². The average molecular weight is 1300 g/mol. The molecule has 0 radical (unpaired) electrons. The van der Waals surface area contributed by atoms with Crippen molar-refractivity contribution in [2.45, 2.75) is 191 Å². The third-order valence-corrected chi connectivity index (χ3v) is 16.1. The third kappa shape index (κ3) is 22.5. The minimum absolute atomic E-state index is 0.00627. The number of rotatable bonds is 17. The molecule has 13 atom stereocenters. The van der Waals surface area contributed by atoms with E-state index in [4.69, 9.17) is 5.73 Å². The van der Waals surface area contributed by atoms with Crippen LogP contribution in [0.2, 0.25) is 0 Å². The SMILES string of the molecule is C/C=C1/NC(=O)[C@H](CO)NC(=O)/C(=C\C)NC(=O)[C@H](Cc2ccccc2)NC(=O)[C@@H]2CCCN2C(=O)CNC(=O)[C@@H](CCC(N)=O)NC(=O)C(O)[C@@H](CC(O)CC(O)C(O)CC(C)C)NC(=O)[C@@H]2CCCN2C(=O)[C@@H](CCc2ccccc2)NC(=O)[C@H]([C@@H](C)O)NC1=O. The molecule has 3 saturated heterocycles. The molecule has 0 aromatic heterocycles. The van der Waals surface area contributed by atoms with E-state index in [1.807, 2.05) is 0 Å². The quantitative estimate of drug-likeness (QED) is 0.0668. The van der Waals surface area contributed by atoms with E-state index in [2.05, 4.69) is 47.9 Å². The van der Waals surface area contributed by atoms with Gasteiger partial charge in [-0.3, -0.25) is 57.5 Å². The number of hydrogen-bond donors (Lipinski definition) is 16. The van der Waals surface area contributed by atoms with Crippen molar-refractivity contribution in [1.82, 2.24) is 57.7 Å². The number of amides is 12. The zero-order valence-electron chi connectivity index (χ0n) is 52.9. The first-order chi connectivity index (χ1) is 44.2. The summed E-state index contributed by atoms with van der Waals surface area (Å²) >= 11 is 0. The second kappa shape index (κ2) is 36.5. The number of carbonyl (C=O) groups is 12. The van der Waals surface area contributed by atoms with Crippen LogP contribution in [0.5, 0.6) is 0 Å². The van der Waals surface area contributed by atoms with E-state index in [0.717, 1.165) is 28.4 Å². The van der Waals surface area contributed by atoms with Crippen LogP contribution in [0.3, 0.4) is 0 Å². The van der Waals surface area contributed by atoms with Gasteiger partial charge < -0.3 is 94.0 Å². The summed E-state index contributed by atoms with van der Waals surface area (Å²) < 4.78 is 0. The van der Waals surface area contributed by atoms with E-state index in [1.54, 1.807) is 74.5 Å². The van der Waals surface area contributed by atoms with Gasteiger partial charge in [-0.1, -0.05) is 86.7 Å². The molecule has 17 N–H and O–H groups in total. The summed E-state index contributed by atoms with van der Waals surface area (Å²) in [4.78, 5) is 170. The second-order valence-electron chi connectivity index (χ2n) is 23.8. The Kier molecular flexibility index (Phi) is 29.5. The number of allylic oxidation sites excluding steroid dienone is 2. The number of aliphatic hydroxyl groups excluding tert-OH is 6. The van der Waals surface area contributed by atoms with Crippen LogP contribution in [-0.2, 0) is 70.4 Å². The molecule has 3 aliphatic rings. The summed E-state index contributed by atoms with van der Waals surface area (Å²) in [5.74, 6) is -12.3. The van der Waals surface area contributed by atoms with Crippen molar-refractivity contribution in [2.75, 3.05) is 26.2 Å². The average Bonchev–Trinajstić information content (AvgIpc) is 1.86. The maximum Gasteiger partial charge on any atom is 0.268 e. The number of primary amides is 1. The number of nitrogens with zero attached hydrogens (tertiary/aromatic N) is 2. The highest BCUT2D eigenvalue weighted by molar-refractivity contribution is 6.04. The Labute approximate surface area is 538 Å². The lowest BCUT2D eigenvalue weighted by Gasteiger charge is -2.33. The number of carbonyl (C=O) groups excluding carboxylic acids is 12. The summed E-state index contributed by atoms with van der Waals surface area (Å²) in [6.07, 6.45) is -7.88. The van der Waals surface area contributed by atoms with E-state index < -0.39 is 200 Å². The van der Waals surface area contributed by atoms with Gasteiger partial charge in [-0.15, -0.1) is 0 Å². The Morgan fingerprint density at radius 3 is 1.70 bits per heavy atom. The van der Waals surface area contributed by atoms with Crippen LogP contribution < -0.4 is 53.6 Å². The highest BCUT2D eigenvalue weighted by Crippen LogP contribution is 2.23. The van der Waals surface area contributed by atoms with Gasteiger partial charge in [0.2, 0.25) is 53.2 Å². The first-order valence-electron chi connectivity index (χ1n) is 31.2. The minimum Gasteiger partial charge on any atom is -0.394 e. The van der Waals surface area contributed by atoms with Crippen LogP contribution in [0, 0.1) is 5.92 Å². The highest BCUT2D eigenvalue weighted by atomic mass is 16.3. The smallest absolute Gasteiger partial charge is 0.268 e. The number of benzene rings is 2. The number of hydrogen-bond acceptors (Lipinski definition) is 18. The highest BCUT2D eigenvalue weighted by Gasteiger charge is 2.43. The van der Waals surface area contributed by atoms with Crippen LogP contribution in [0.15, 0.2) is 84.2 Å². The molecule has 4 unspecified atom stereocenters. The summed E-state index contributed by atoms with van der Waals surface area (Å²) in [6, 6.07) is 4.50. The number of aliphatic hydroxyl groups is 6.